The molecule has 0 radical (unpaired) electrons. The minimum Gasteiger partial charge on any atom is -0.331 e. The number of benzene rings is 1. The van der Waals surface area contributed by atoms with Gasteiger partial charge in [0, 0.05) is 25.3 Å². The summed E-state index contributed by atoms with van der Waals surface area (Å²) in [5, 5.41) is 3.67. The van der Waals surface area contributed by atoms with Crippen LogP contribution in [0.1, 0.15) is 32.5 Å². The molecule has 1 unspecified atom stereocenters. The first kappa shape index (κ1) is 16.4. The predicted octanol–water partition coefficient (Wildman–Crippen LogP) is 3.63. The molecule has 1 heterocycles. The molecule has 2 rings (SSSR count). The van der Waals surface area contributed by atoms with Crippen molar-refractivity contribution in [2.24, 2.45) is 7.05 Å². The van der Waals surface area contributed by atoms with Gasteiger partial charge in [-0.1, -0.05) is 26.0 Å². The zero-order chi connectivity index (χ0) is 15.1. The molecule has 0 saturated heterocycles. The second-order valence-corrected chi connectivity index (χ2v) is 6.66. The van der Waals surface area contributed by atoms with E-state index >= 15 is 0 Å². The molecule has 3 nitrogen and oxygen atoms in total. The lowest BCUT2D eigenvalue weighted by atomic mass is 10.2. The van der Waals surface area contributed by atoms with Crippen LogP contribution in [0.4, 0.5) is 0 Å². The van der Waals surface area contributed by atoms with Gasteiger partial charge in [-0.05, 0) is 37.3 Å². The van der Waals surface area contributed by atoms with Crippen LogP contribution >= 0.6 is 11.8 Å². The van der Waals surface area contributed by atoms with Crippen LogP contribution in [0.2, 0.25) is 0 Å². The summed E-state index contributed by atoms with van der Waals surface area (Å²) in [7, 11) is 2.13. The molecule has 0 aliphatic heterocycles. The van der Waals surface area contributed by atoms with Crippen LogP contribution in [0.15, 0.2) is 24.3 Å². The monoisotopic (exact) mass is 305 g/mol. The first-order chi connectivity index (χ1) is 10.3. The van der Waals surface area contributed by atoms with E-state index in [9.17, 15) is 0 Å². The van der Waals surface area contributed by atoms with Crippen molar-refractivity contribution in [1.82, 2.24) is 14.9 Å². The molecule has 1 atom stereocenters. The largest absolute Gasteiger partial charge is 0.331 e. The van der Waals surface area contributed by atoms with Gasteiger partial charge in [-0.15, -0.1) is 0 Å². The van der Waals surface area contributed by atoms with Crippen molar-refractivity contribution in [3.05, 3.63) is 30.1 Å². The minimum absolute atomic E-state index is 0.511. The molecule has 0 saturated carbocycles. The third kappa shape index (κ3) is 4.48. The van der Waals surface area contributed by atoms with Gasteiger partial charge in [-0.2, -0.15) is 11.8 Å². The molecule has 0 spiro atoms. The number of hydrogen-bond acceptors (Lipinski definition) is 3. The molecule has 21 heavy (non-hydrogen) atoms. The summed E-state index contributed by atoms with van der Waals surface area (Å²) in [6.45, 7) is 5.55. The van der Waals surface area contributed by atoms with E-state index in [1.54, 1.807) is 0 Å². The fraction of sp³-hybridized carbons (Fsp3) is 0.588. The Kier molecular flexibility index (Phi) is 6.58. The summed E-state index contributed by atoms with van der Waals surface area (Å²) in [5.74, 6) is 3.59. The van der Waals surface area contributed by atoms with Crippen LogP contribution in [-0.4, -0.2) is 33.6 Å². The normalized spacial score (nSPS) is 12.9. The number of imidazole rings is 1. The highest BCUT2D eigenvalue weighted by Gasteiger charge is 2.14. The van der Waals surface area contributed by atoms with E-state index in [0.29, 0.717) is 6.04 Å². The van der Waals surface area contributed by atoms with Gasteiger partial charge in [-0.25, -0.2) is 4.98 Å². The van der Waals surface area contributed by atoms with Gasteiger partial charge >= 0.3 is 0 Å². The van der Waals surface area contributed by atoms with Crippen LogP contribution in [0, 0.1) is 0 Å². The van der Waals surface area contributed by atoms with E-state index in [4.69, 9.17) is 4.98 Å². The standard InChI is InChI=1S/C17H27N3S/c1-4-10-18-14(13-21-11-5-2)12-17-19-15-8-6-7-9-16(15)20(17)3/h6-9,14,18H,4-5,10-13H2,1-3H3. The van der Waals surface area contributed by atoms with Gasteiger partial charge in [0.2, 0.25) is 0 Å². The maximum absolute atomic E-state index is 4.80. The fourth-order valence-electron chi connectivity index (χ4n) is 2.51. The van der Waals surface area contributed by atoms with E-state index in [0.717, 1.165) is 24.2 Å². The van der Waals surface area contributed by atoms with E-state index in [1.165, 1.54) is 29.9 Å². The lowest BCUT2D eigenvalue weighted by molar-refractivity contribution is 0.533. The fourth-order valence-corrected chi connectivity index (χ4v) is 3.48. The number of hydrogen-bond donors (Lipinski definition) is 1. The summed E-state index contributed by atoms with van der Waals surface area (Å²) in [5.41, 5.74) is 2.33. The molecular formula is C17H27N3S. The summed E-state index contributed by atoms with van der Waals surface area (Å²) >= 11 is 2.04. The van der Waals surface area contributed by atoms with Crippen LogP contribution in [-0.2, 0) is 13.5 Å². The van der Waals surface area contributed by atoms with Crippen LogP contribution in [0.5, 0.6) is 0 Å². The molecule has 4 heteroatoms. The topological polar surface area (TPSA) is 29.9 Å². The quantitative estimate of drug-likeness (QED) is 0.718. The Labute approximate surface area is 132 Å². The number of para-hydroxylation sites is 2. The number of rotatable bonds is 9. The van der Waals surface area contributed by atoms with E-state index in [-0.39, 0.29) is 0 Å². The maximum Gasteiger partial charge on any atom is 0.111 e. The molecule has 2 aromatic rings. The Morgan fingerprint density at radius 2 is 2.05 bits per heavy atom. The lowest BCUT2D eigenvalue weighted by Crippen LogP contribution is -2.35. The van der Waals surface area contributed by atoms with Crippen LogP contribution in [0.3, 0.4) is 0 Å². The minimum atomic E-state index is 0.511. The number of thioether (sulfide) groups is 1. The summed E-state index contributed by atoms with van der Waals surface area (Å²) in [6, 6.07) is 8.89. The highest BCUT2D eigenvalue weighted by Crippen LogP contribution is 2.16. The first-order valence-corrected chi connectivity index (χ1v) is 9.13. The Bertz CT molecular complexity index is 550. The van der Waals surface area contributed by atoms with E-state index < -0.39 is 0 Å². The third-order valence-corrected chi connectivity index (χ3v) is 4.99. The van der Waals surface area contributed by atoms with Crippen LogP contribution < -0.4 is 5.32 Å². The highest BCUT2D eigenvalue weighted by atomic mass is 32.2. The molecule has 0 fully saturated rings. The van der Waals surface area contributed by atoms with Crippen molar-refractivity contribution in [1.29, 1.82) is 0 Å². The number of aryl methyl sites for hydroxylation is 1. The average Bonchev–Trinajstić information content (AvgIpc) is 2.81. The van der Waals surface area contributed by atoms with Gasteiger partial charge in [0.1, 0.15) is 5.82 Å². The molecule has 0 aliphatic carbocycles. The SMILES string of the molecule is CCCNC(CSCCC)Cc1nc2ccccc2n1C. The molecule has 116 valence electrons. The lowest BCUT2D eigenvalue weighted by Gasteiger charge is -2.18. The van der Waals surface area contributed by atoms with Crippen LogP contribution in [0.25, 0.3) is 11.0 Å². The summed E-state index contributed by atoms with van der Waals surface area (Å²) < 4.78 is 2.24. The second kappa shape index (κ2) is 8.44. The zero-order valence-electron chi connectivity index (χ0n) is 13.4. The Hall–Kier alpha value is -1.00. The highest BCUT2D eigenvalue weighted by molar-refractivity contribution is 7.99. The first-order valence-electron chi connectivity index (χ1n) is 7.97. The van der Waals surface area contributed by atoms with Gasteiger partial charge in [0.15, 0.2) is 0 Å². The van der Waals surface area contributed by atoms with E-state index in [1.807, 2.05) is 11.8 Å². The van der Waals surface area contributed by atoms with Gasteiger partial charge in [0.05, 0.1) is 11.0 Å². The van der Waals surface area contributed by atoms with Gasteiger partial charge in [-0.3, -0.25) is 0 Å². The Balaban J connectivity index is 2.07. The van der Waals surface area contributed by atoms with Gasteiger partial charge < -0.3 is 9.88 Å². The predicted molar refractivity (Wildman–Crippen MR) is 94.1 cm³/mol. The number of aromatic nitrogens is 2. The van der Waals surface area contributed by atoms with Crippen molar-refractivity contribution in [3.63, 3.8) is 0 Å². The number of nitrogens with zero attached hydrogens (tertiary/aromatic N) is 2. The molecule has 0 amide bonds. The Morgan fingerprint density at radius 3 is 2.76 bits per heavy atom. The van der Waals surface area contributed by atoms with Crippen molar-refractivity contribution in [2.45, 2.75) is 39.2 Å². The van der Waals surface area contributed by atoms with Crippen molar-refractivity contribution in [3.8, 4) is 0 Å². The van der Waals surface area contributed by atoms with E-state index in [2.05, 4.69) is 55.0 Å². The number of nitrogens with one attached hydrogen (secondary N) is 1. The second-order valence-electron chi connectivity index (χ2n) is 5.51. The zero-order valence-corrected chi connectivity index (χ0v) is 14.2. The van der Waals surface area contributed by atoms with Gasteiger partial charge in [0.25, 0.3) is 0 Å². The molecule has 1 aromatic carbocycles. The number of fused-ring (bicyclic) bond motifs is 1. The third-order valence-electron chi connectivity index (χ3n) is 3.66. The molecule has 0 aliphatic rings. The summed E-state index contributed by atoms with van der Waals surface area (Å²) in [4.78, 5) is 4.80. The Morgan fingerprint density at radius 1 is 1.24 bits per heavy atom. The summed E-state index contributed by atoms with van der Waals surface area (Å²) in [6.07, 6.45) is 3.43. The molecule has 1 N–H and O–H groups in total. The molecule has 0 bridgehead atoms. The van der Waals surface area contributed by atoms with Crippen molar-refractivity contribution >= 4 is 22.8 Å². The maximum atomic E-state index is 4.80. The smallest absolute Gasteiger partial charge is 0.111 e. The molecular weight excluding hydrogens is 278 g/mol. The average molecular weight is 305 g/mol. The van der Waals surface area contributed by atoms with Crippen molar-refractivity contribution < 1.29 is 0 Å². The molecule has 1 aromatic heterocycles. The van der Waals surface area contributed by atoms with Crippen molar-refractivity contribution in [2.75, 3.05) is 18.1 Å².